The van der Waals surface area contributed by atoms with Crippen LogP contribution in [-0.4, -0.2) is 47.1 Å². The van der Waals surface area contributed by atoms with Crippen LogP contribution in [0, 0.1) is 11.3 Å². The molecule has 160 valence electrons. The molecule has 2 amide bonds. The molecule has 2 N–H and O–H groups in total. The Morgan fingerprint density at radius 1 is 1.17 bits per heavy atom. The minimum absolute atomic E-state index is 0.0314. The predicted octanol–water partition coefficient (Wildman–Crippen LogP) is 3.74. The van der Waals surface area contributed by atoms with Crippen LogP contribution in [0.2, 0.25) is 5.02 Å². The highest BCUT2D eigenvalue weighted by atomic mass is 35.5. The molecule has 1 aliphatic carbocycles. The van der Waals surface area contributed by atoms with Crippen LogP contribution in [0.15, 0.2) is 24.3 Å². The fourth-order valence-electron chi connectivity index (χ4n) is 4.90. The van der Waals surface area contributed by atoms with Gasteiger partial charge in [0.25, 0.3) is 0 Å². The van der Waals surface area contributed by atoms with Gasteiger partial charge in [0.05, 0.1) is 6.10 Å². The van der Waals surface area contributed by atoms with E-state index in [1.165, 1.54) is 5.56 Å². The van der Waals surface area contributed by atoms with Crippen LogP contribution in [0.25, 0.3) is 0 Å². The van der Waals surface area contributed by atoms with Gasteiger partial charge in [-0.3, -0.25) is 9.59 Å². The zero-order valence-corrected chi connectivity index (χ0v) is 18.4. The topological polar surface area (TPSA) is 69.6 Å². The summed E-state index contributed by atoms with van der Waals surface area (Å²) < 4.78 is 0. The van der Waals surface area contributed by atoms with Crippen LogP contribution in [0.5, 0.6) is 0 Å². The average Bonchev–Trinajstić information content (AvgIpc) is 3.20. The van der Waals surface area contributed by atoms with Crippen molar-refractivity contribution in [3.63, 3.8) is 0 Å². The zero-order valence-electron chi connectivity index (χ0n) is 17.7. The van der Waals surface area contributed by atoms with Crippen LogP contribution in [0.1, 0.15) is 64.4 Å². The fraction of sp³-hybridized carbons (Fsp3) is 0.652. The number of amides is 2. The lowest BCUT2D eigenvalue weighted by molar-refractivity contribution is -0.143. The Kier molecular flexibility index (Phi) is 6.90. The van der Waals surface area contributed by atoms with E-state index in [4.69, 9.17) is 11.6 Å². The van der Waals surface area contributed by atoms with Gasteiger partial charge < -0.3 is 15.3 Å². The minimum Gasteiger partial charge on any atom is -0.391 e. The number of halogens is 1. The number of carbonyl (C=O) groups excluding carboxylic acids is 2. The maximum Gasteiger partial charge on any atom is 0.247 e. The molecule has 1 saturated heterocycles. The largest absolute Gasteiger partial charge is 0.391 e. The molecule has 2 aliphatic rings. The van der Waals surface area contributed by atoms with Crippen molar-refractivity contribution in [3.8, 4) is 0 Å². The quantitative estimate of drug-likeness (QED) is 0.762. The molecule has 0 bridgehead atoms. The van der Waals surface area contributed by atoms with Gasteiger partial charge in [0.15, 0.2) is 0 Å². The van der Waals surface area contributed by atoms with E-state index < -0.39 is 12.1 Å². The summed E-state index contributed by atoms with van der Waals surface area (Å²) in [5.74, 6) is 0.00377. The monoisotopic (exact) mass is 420 g/mol. The molecule has 1 unspecified atom stereocenters. The van der Waals surface area contributed by atoms with E-state index in [1.54, 1.807) is 11.8 Å². The smallest absolute Gasteiger partial charge is 0.247 e. The van der Waals surface area contributed by atoms with Gasteiger partial charge in [0, 0.05) is 24.0 Å². The molecule has 0 spiro atoms. The van der Waals surface area contributed by atoms with Crippen LogP contribution in [0.3, 0.4) is 0 Å². The van der Waals surface area contributed by atoms with E-state index in [2.05, 4.69) is 31.3 Å². The van der Waals surface area contributed by atoms with Gasteiger partial charge in [-0.1, -0.05) is 50.4 Å². The molecule has 3 rings (SSSR count). The zero-order chi connectivity index (χ0) is 21.2. The maximum atomic E-state index is 13.2. The van der Waals surface area contributed by atoms with E-state index in [9.17, 15) is 14.7 Å². The Morgan fingerprint density at radius 2 is 1.79 bits per heavy atom. The summed E-state index contributed by atoms with van der Waals surface area (Å²) in [6, 6.07) is 7.06. The van der Waals surface area contributed by atoms with E-state index in [0.29, 0.717) is 19.0 Å². The van der Waals surface area contributed by atoms with Crippen molar-refractivity contribution in [2.75, 3.05) is 13.1 Å². The average molecular weight is 421 g/mol. The van der Waals surface area contributed by atoms with Crippen molar-refractivity contribution >= 4 is 23.4 Å². The lowest BCUT2D eigenvalue weighted by Crippen LogP contribution is -2.58. The molecule has 1 heterocycles. The van der Waals surface area contributed by atoms with E-state index in [0.717, 1.165) is 37.1 Å². The maximum absolute atomic E-state index is 13.2. The SMILES string of the molecule is C[C@@H](O)[C@@H](NC(=O)C1CCCC1)C(=O)N1CCC(c2ccc(Cl)cc2)C(C)(C)C1. The summed E-state index contributed by atoms with van der Waals surface area (Å²) in [5, 5.41) is 13.8. The first-order valence-corrected chi connectivity index (χ1v) is 11.1. The molecular weight excluding hydrogens is 388 g/mol. The third-order valence-electron chi connectivity index (χ3n) is 6.59. The van der Waals surface area contributed by atoms with Crippen molar-refractivity contribution in [2.45, 2.75) is 70.9 Å². The van der Waals surface area contributed by atoms with Crippen molar-refractivity contribution < 1.29 is 14.7 Å². The number of nitrogens with zero attached hydrogens (tertiary/aromatic N) is 1. The number of carbonyl (C=O) groups is 2. The second-order valence-corrected chi connectivity index (χ2v) is 9.79. The van der Waals surface area contributed by atoms with Gasteiger partial charge in [-0.15, -0.1) is 0 Å². The molecular formula is C23H33ClN2O3. The molecule has 1 saturated carbocycles. The van der Waals surface area contributed by atoms with E-state index in [1.807, 2.05) is 12.1 Å². The molecule has 2 fully saturated rings. The molecule has 1 aromatic rings. The van der Waals surface area contributed by atoms with E-state index in [-0.39, 0.29) is 23.1 Å². The van der Waals surface area contributed by atoms with Crippen molar-refractivity contribution in [2.24, 2.45) is 11.3 Å². The van der Waals surface area contributed by atoms with Crippen LogP contribution < -0.4 is 5.32 Å². The minimum atomic E-state index is -0.926. The van der Waals surface area contributed by atoms with Gasteiger partial charge in [0.2, 0.25) is 11.8 Å². The number of aliphatic hydroxyl groups is 1. The number of hydrogen-bond acceptors (Lipinski definition) is 3. The standard InChI is InChI=1S/C23H33ClN2O3/c1-15(27)20(25-21(28)17-6-4-5-7-17)22(29)26-13-12-19(23(2,3)14-26)16-8-10-18(24)11-9-16/h8-11,15,17,19-20,27H,4-7,12-14H2,1-3H3,(H,25,28)/t15-,19?,20-/m1/s1. The molecule has 1 aliphatic heterocycles. The number of rotatable bonds is 5. The Hall–Kier alpha value is -1.59. The molecule has 0 radical (unpaired) electrons. The van der Waals surface area contributed by atoms with Gasteiger partial charge >= 0.3 is 0 Å². The summed E-state index contributed by atoms with van der Waals surface area (Å²) in [6.07, 6.45) is 3.75. The molecule has 6 heteroatoms. The highest BCUT2D eigenvalue weighted by Crippen LogP contribution is 2.42. The Bertz CT molecular complexity index is 726. The summed E-state index contributed by atoms with van der Waals surface area (Å²) in [7, 11) is 0. The van der Waals surface area contributed by atoms with Crippen molar-refractivity contribution in [1.29, 1.82) is 0 Å². The van der Waals surface area contributed by atoms with Crippen LogP contribution >= 0.6 is 11.6 Å². The normalized spacial score (nSPS) is 24.2. The van der Waals surface area contributed by atoms with Crippen LogP contribution in [-0.2, 0) is 9.59 Å². The number of aliphatic hydroxyl groups excluding tert-OH is 1. The van der Waals surface area contributed by atoms with Crippen molar-refractivity contribution in [3.05, 3.63) is 34.9 Å². The molecule has 1 aromatic carbocycles. The first kappa shape index (κ1) is 22.1. The number of nitrogens with one attached hydrogen (secondary N) is 1. The lowest BCUT2D eigenvalue weighted by atomic mass is 9.70. The van der Waals surface area contributed by atoms with Gasteiger partial charge in [-0.2, -0.15) is 0 Å². The molecule has 0 aromatic heterocycles. The third kappa shape index (κ3) is 5.13. The number of benzene rings is 1. The number of piperidine rings is 1. The molecule has 29 heavy (non-hydrogen) atoms. The van der Waals surface area contributed by atoms with E-state index >= 15 is 0 Å². The van der Waals surface area contributed by atoms with Crippen LogP contribution in [0.4, 0.5) is 0 Å². The number of likely N-dealkylation sites (tertiary alicyclic amines) is 1. The predicted molar refractivity (Wildman–Crippen MR) is 115 cm³/mol. The first-order chi connectivity index (χ1) is 13.7. The highest BCUT2D eigenvalue weighted by Gasteiger charge is 2.41. The fourth-order valence-corrected chi connectivity index (χ4v) is 5.03. The summed E-state index contributed by atoms with van der Waals surface area (Å²) >= 11 is 6.03. The van der Waals surface area contributed by atoms with Gasteiger partial charge in [0.1, 0.15) is 6.04 Å². The molecule has 3 atom stereocenters. The Morgan fingerprint density at radius 3 is 2.34 bits per heavy atom. The second kappa shape index (κ2) is 9.05. The lowest BCUT2D eigenvalue weighted by Gasteiger charge is -2.45. The summed E-state index contributed by atoms with van der Waals surface area (Å²) in [5.41, 5.74) is 1.11. The third-order valence-corrected chi connectivity index (χ3v) is 6.84. The highest BCUT2D eigenvalue weighted by molar-refractivity contribution is 6.30. The number of hydrogen-bond donors (Lipinski definition) is 2. The van der Waals surface area contributed by atoms with Gasteiger partial charge in [-0.05, 0) is 55.2 Å². The van der Waals surface area contributed by atoms with Gasteiger partial charge in [-0.25, -0.2) is 0 Å². The Balaban J connectivity index is 1.68. The summed E-state index contributed by atoms with van der Waals surface area (Å²) in [4.78, 5) is 27.5. The summed E-state index contributed by atoms with van der Waals surface area (Å²) in [6.45, 7) is 7.10. The first-order valence-electron chi connectivity index (χ1n) is 10.7. The second-order valence-electron chi connectivity index (χ2n) is 9.35. The van der Waals surface area contributed by atoms with Crippen molar-refractivity contribution in [1.82, 2.24) is 10.2 Å². The molecule has 5 nitrogen and oxygen atoms in total. The Labute approximate surface area is 178 Å².